The number of aromatic nitrogens is 3. The summed E-state index contributed by atoms with van der Waals surface area (Å²) in [5.74, 6) is 0.711. The van der Waals surface area contributed by atoms with Crippen molar-refractivity contribution in [2.45, 2.75) is 12.8 Å². The molecule has 5 heteroatoms. The molecule has 1 aliphatic rings. The summed E-state index contributed by atoms with van der Waals surface area (Å²) in [6.45, 7) is 2.22. The number of halogens is 1. The smallest absolute Gasteiger partial charge is 0.0564 e. The summed E-state index contributed by atoms with van der Waals surface area (Å²) in [6.07, 6.45) is 10.2. The summed E-state index contributed by atoms with van der Waals surface area (Å²) in [6, 6.07) is 2.14. The zero-order valence-electron chi connectivity index (χ0n) is 11.0. The van der Waals surface area contributed by atoms with Gasteiger partial charge in [-0.05, 0) is 46.3 Å². The Morgan fingerprint density at radius 1 is 1.37 bits per heavy atom. The van der Waals surface area contributed by atoms with Crippen LogP contribution < -0.4 is 4.90 Å². The Morgan fingerprint density at radius 2 is 2.26 bits per heavy atom. The van der Waals surface area contributed by atoms with E-state index in [0.29, 0.717) is 5.92 Å². The molecule has 0 radical (unpaired) electrons. The number of hydrogen-bond acceptors (Lipinski definition) is 3. The van der Waals surface area contributed by atoms with E-state index in [1.807, 2.05) is 30.3 Å². The van der Waals surface area contributed by atoms with Gasteiger partial charge in [-0.1, -0.05) is 0 Å². The molecule has 1 fully saturated rings. The van der Waals surface area contributed by atoms with Gasteiger partial charge in [0.15, 0.2) is 0 Å². The number of hydrogen-bond donors (Lipinski definition) is 0. The minimum absolute atomic E-state index is 0.711. The molecule has 19 heavy (non-hydrogen) atoms. The maximum absolute atomic E-state index is 4.24. The number of nitrogens with zero attached hydrogens (tertiary/aromatic N) is 4. The van der Waals surface area contributed by atoms with Crippen LogP contribution >= 0.6 is 15.9 Å². The molecule has 0 spiro atoms. The normalized spacial score (nSPS) is 19.1. The minimum atomic E-state index is 0.711. The van der Waals surface area contributed by atoms with E-state index in [2.05, 4.69) is 43.2 Å². The first-order valence-electron chi connectivity index (χ1n) is 6.54. The molecule has 0 aromatic carbocycles. The van der Waals surface area contributed by atoms with Gasteiger partial charge in [0.2, 0.25) is 0 Å². The zero-order chi connectivity index (χ0) is 13.2. The largest absolute Gasteiger partial charge is 0.370 e. The summed E-state index contributed by atoms with van der Waals surface area (Å²) in [4.78, 5) is 6.65. The lowest BCUT2D eigenvalue weighted by molar-refractivity contribution is 0.586. The first-order valence-corrected chi connectivity index (χ1v) is 7.33. The minimum Gasteiger partial charge on any atom is -0.370 e. The summed E-state index contributed by atoms with van der Waals surface area (Å²) in [5, 5.41) is 4.23. The first kappa shape index (κ1) is 12.7. The molecule has 0 aliphatic carbocycles. The maximum Gasteiger partial charge on any atom is 0.0564 e. The summed E-state index contributed by atoms with van der Waals surface area (Å²) < 4.78 is 2.92. The average Bonchev–Trinajstić information content (AvgIpc) is 2.99. The van der Waals surface area contributed by atoms with E-state index in [4.69, 9.17) is 0 Å². The third-order valence-corrected chi connectivity index (χ3v) is 4.06. The molecule has 4 nitrogen and oxygen atoms in total. The van der Waals surface area contributed by atoms with Crippen molar-refractivity contribution in [3.05, 3.63) is 40.9 Å². The van der Waals surface area contributed by atoms with Crippen LogP contribution in [0.15, 0.2) is 35.3 Å². The van der Waals surface area contributed by atoms with Crippen molar-refractivity contribution < 1.29 is 0 Å². The fraction of sp³-hybridized carbons (Fsp3) is 0.429. The average molecular weight is 321 g/mol. The molecule has 1 saturated heterocycles. The second kappa shape index (κ2) is 5.33. The van der Waals surface area contributed by atoms with Crippen LogP contribution in [0.25, 0.3) is 0 Å². The Hall–Kier alpha value is -1.36. The zero-order valence-corrected chi connectivity index (χ0v) is 12.5. The van der Waals surface area contributed by atoms with Crippen molar-refractivity contribution in [1.29, 1.82) is 0 Å². The van der Waals surface area contributed by atoms with Gasteiger partial charge in [-0.15, -0.1) is 0 Å². The van der Waals surface area contributed by atoms with Gasteiger partial charge in [0.1, 0.15) is 0 Å². The topological polar surface area (TPSA) is 34.0 Å². The van der Waals surface area contributed by atoms with Crippen LogP contribution in [0, 0.1) is 5.92 Å². The van der Waals surface area contributed by atoms with Crippen LogP contribution in [-0.2, 0) is 13.5 Å². The highest BCUT2D eigenvalue weighted by atomic mass is 79.9. The van der Waals surface area contributed by atoms with Crippen molar-refractivity contribution in [2.75, 3.05) is 18.0 Å². The summed E-state index contributed by atoms with van der Waals surface area (Å²) >= 11 is 3.48. The maximum atomic E-state index is 4.24. The molecule has 3 rings (SSSR count). The SMILES string of the molecule is Cn1cc(CC2CCN(c3cncc(Br)c3)C2)cn1. The third kappa shape index (κ3) is 2.97. The Bertz CT molecular complexity index is 566. The Balaban J connectivity index is 1.64. The molecule has 0 amide bonds. The predicted molar refractivity (Wildman–Crippen MR) is 79.2 cm³/mol. The molecule has 1 atom stereocenters. The van der Waals surface area contributed by atoms with Gasteiger partial charge >= 0.3 is 0 Å². The van der Waals surface area contributed by atoms with Crippen LogP contribution in [0.4, 0.5) is 5.69 Å². The van der Waals surface area contributed by atoms with Gasteiger partial charge in [-0.25, -0.2) is 0 Å². The highest BCUT2D eigenvalue weighted by molar-refractivity contribution is 9.10. The lowest BCUT2D eigenvalue weighted by Crippen LogP contribution is -2.20. The number of anilines is 1. The highest BCUT2D eigenvalue weighted by Gasteiger charge is 2.23. The molecule has 1 unspecified atom stereocenters. The standard InChI is InChI=1S/C14H17BrN4/c1-18-9-12(6-17-18)4-11-2-3-19(10-11)14-5-13(15)7-16-8-14/h5-9,11H,2-4,10H2,1H3. The van der Waals surface area contributed by atoms with Crippen LogP contribution in [0.2, 0.25) is 0 Å². The van der Waals surface area contributed by atoms with Gasteiger partial charge in [-0.2, -0.15) is 5.10 Å². The lowest BCUT2D eigenvalue weighted by atomic mass is 10.0. The van der Waals surface area contributed by atoms with E-state index >= 15 is 0 Å². The second-order valence-corrected chi connectivity index (χ2v) is 6.10. The Kier molecular flexibility index (Phi) is 3.55. The van der Waals surface area contributed by atoms with Gasteiger partial charge in [0.25, 0.3) is 0 Å². The first-order chi connectivity index (χ1) is 9.20. The predicted octanol–water partition coefficient (Wildman–Crippen LogP) is 2.65. The van der Waals surface area contributed by atoms with Crippen molar-refractivity contribution in [3.8, 4) is 0 Å². The van der Waals surface area contributed by atoms with E-state index in [0.717, 1.165) is 24.0 Å². The van der Waals surface area contributed by atoms with E-state index in [1.54, 1.807) is 0 Å². The Morgan fingerprint density at radius 3 is 3.00 bits per heavy atom. The molecule has 3 heterocycles. The number of aryl methyl sites for hydroxylation is 1. The van der Waals surface area contributed by atoms with E-state index in [-0.39, 0.29) is 0 Å². The van der Waals surface area contributed by atoms with Crippen molar-refractivity contribution in [1.82, 2.24) is 14.8 Å². The van der Waals surface area contributed by atoms with Gasteiger partial charge in [0.05, 0.1) is 18.1 Å². The van der Waals surface area contributed by atoms with E-state index in [1.165, 1.54) is 17.7 Å². The van der Waals surface area contributed by atoms with Crippen molar-refractivity contribution in [2.24, 2.45) is 13.0 Å². The van der Waals surface area contributed by atoms with Gasteiger partial charge < -0.3 is 4.90 Å². The Labute approximate surface area is 121 Å². The van der Waals surface area contributed by atoms with Crippen LogP contribution in [-0.4, -0.2) is 27.9 Å². The van der Waals surface area contributed by atoms with Crippen LogP contribution in [0.5, 0.6) is 0 Å². The second-order valence-electron chi connectivity index (χ2n) is 5.19. The molecule has 2 aromatic rings. The molecular formula is C14H17BrN4. The number of rotatable bonds is 3. The molecular weight excluding hydrogens is 304 g/mol. The monoisotopic (exact) mass is 320 g/mol. The lowest BCUT2D eigenvalue weighted by Gasteiger charge is -2.18. The van der Waals surface area contributed by atoms with Crippen molar-refractivity contribution >= 4 is 21.6 Å². The van der Waals surface area contributed by atoms with E-state index < -0.39 is 0 Å². The summed E-state index contributed by atoms with van der Waals surface area (Å²) in [7, 11) is 1.97. The molecule has 0 bridgehead atoms. The molecule has 0 N–H and O–H groups in total. The molecule has 1 aliphatic heterocycles. The quantitative estimate of drug-likeness (QED) is 0.871. The number of pyridine rings is 1. The summed E-state index contributed by atoms with van der Waals surface area (Å²) in [5.41, 5.74) is 2.55. The van der Waals surface area contributed by atoms with Gasteiger partial charge in [0, 0.05) is 37.0 Å². The van der Waals surface area contributed by atoms with Crippen LogP contribution in [0.3, 0.4) is 0 Å². The van der Waals surface area contributed by atoms with Crippen molar-refractivity contribution in [3.63, 3.8) is 0 Å². The molecule has 0 saturated carbocycles. The highest BCUT2D eigenvalue weighted by Crippen LogP contribution is 2.27. The fourth-order valence-corrected chi connectivity index (χ4v) is 3.07. The fourth-order valence-electron chi connectivity index (χ4n) is 2.72. The molecule has 100 valence electrons. The van der Waals surface area contributed by atoms with Crippen LogP contribution in [0.1, 0.15) is 12.0 Å². The van der Waals surface area contributed by atoms with E-state index in [9.17, 15) is 0 Å². The van der Waals surface area contributed by atoms with Gasteiger partial charge in [-0.3, -0.25) is 9.67 Å². The third-order valence-electron chi connectivity index (χ3n) is 3.62. The molecule has 2 aromatic heterocycles.